The van der Waals surface area contributed by atoms with Crippen molar-refractivity contribution in [3.8, 4) is 5.75 Å². The monoisotopic (exact) mass is 299 g/mol. The first-order valence-electron chi connectivity index (χ1n) is 8.65. The summed E-state index contributed by atoms with van der Waals surface area (Å²) in [6.07, 6.45) is 6.27. The van der Waals surface area contributed by atoms with Gasteiger partial charge in [-0.2, -0.15) is 0 Å². The van der Waals surface area contributed by atoms with E-state index in [1.807, 2.05) is 6.07 Å². The molecule has 4 heteroatoms. The number of benzene rings is 1. The molecule has 1 saturated heterocycles. The Morgan fingerprint density at radius 2 is 2.05 bits per heavy atom. The van der Waals surface area contributed by atoms with Crippen LogP contribution in [0.3, 0.4) is 0 Å². The van der Waals surface area contributed by atoms with E-state index in [9.17, 15) is 0 Å². The highest BCUT2D eigenvalue weighted by atomic mass is 16.5. The van der Waals surface area contributed by atoms with Crippen molar-refractivity contribution >= 4 is 5.96 Å². The third-order valence-electron chi connectivity index (χ3n) is 4.77. The minimum Gasteiger partial charge on any atom is -0.493 e. The molecule has 4 rings (SSSR count). The molecular weight excluding hydrogens is 274 g/mol. The Hall–Kier alpha value is -1.71. The molecule has 1 aliphatic carbocycles. The maximum absolute atomic E-state index is 5.88. The lowest BCUT2D eigenvalue weighted by Crippen LogP contribution is -2.41. The van der Waals surface area contributed by atoms with Gasteiger partial charge >= 0.3 is 0 Å². The Labute approximate surface area is 132 Å². The predicted octanol–water partition coefficient (Wildman–Crippen LogP) is 2.44. The van der Waals surface area contributed by atoms with E-state index in [1.54, 1.807) is 0 Å². The Morgan fingerprint density at radius 1 is 1.23 bits per heavy atom. The number of guanidine groups is 1. The second kappa shape index (κ2) is 6.19. The van der Waals surface area contributed by atoms with E-state index in [4.69, 9.17) is 9.73 Å². The molecule has 3 aliphatic rings. The number of aliphatic imine (C=N–C) groups is 1. The first-order chi connectivity index (χ1) is 10.9. The zero-order valence-corrected chi connectivity index (χ0v) is 13.1. The zero-order valence-electron chi connectivity index (χ0n) is 13.1. The summed E-state index contributed by atoms with van der Waals surface area (Å²) in [5.41, 5.74) is 1.33. The number of likely N-dealkylation sites (tertiary alicyclic amines) is 1. The van der Waals surface area contributed by atoms with Crippen LogP contribution in [0.15, 0.2) is 29.3 Å². The molecule has 1 aromatic carbocycles. The van der Waals surface area contributed by atoms with Gasteiger partial charge < -0.3 is 15.0 Å². The molecule has 0 radical (unpaired) electrons. The lowest BCUT2D eigenvalue weighted by molar-refractivity contribution is 0.226. The number of hydrogen-bond donors (Lipinski definition) is 1. The lowest BCUT2D eigenvalue weighted by atomic mass is 9.97. The fourth-order valence-electron chi connectivity index (χ4n) is 3.30. The quantitative estimate of drug-likeness (QED) is 0.688. The number of nitrogens with one attached hydrogen (secondary N) is 1. The molecule has 1 N–H and O–H groups in total. The van der Waals surface area contributed by atoms with Gasteiger partial charge in [0.15, 0.2) is 5.96 Å². The first kappa shape index (κ1) is 13.9. The highest BCUT2D eigenvalue weighted by Gasteiger charge is 2.26. The van der Waals surface area contributed by atoms with Crippen LogP contribution in [0.1, 0.15) is 31.2 Å². The third kappa shape index (κ3) is 3.21. The van der Waals surface area contributed by atoms with Gasteiger partial charge in [0.25, 0.3) is 0 Å². The van der Waals surface area contributed by atoms with Crippen molar-refractivity contribution in [2.75, 3.05) is 26.2 Å². The van der Waals surface area contributed by atoms with Crippen LogP contribution in [0.2, 0.25) is 0 Å². The Morgan fingerprint density at radius 3 is 2.86 bits per heavy atom. The highest BCUT2D eigenvalue weighted by Crippen LogP contribution is 2.27. The summed E-state index contributed by atoms with van der Waals surface area (Å²) in [7, 11) is 0. The molecule has 1 atom stereocenters. The van der Waals surface area contributed by atoms with Gasteiger partial charge in [-0.15, -0.1) is 0 Å². The molecule has 1 saturated carbocycles. The number of fused-ring (bicyclic) bond motifs is 1. The summed E-state index contributed by atoms with van der Waals surface area (Å²) < 4.78 is 5.88. The molecule has 0 aromatic heterocycles. The minimum atomic E-state index is 0.494. The van der Waals surface area contributed by atoms with Gasteiger partial charge in [0.2, 0.25) is 0 Å². The molecule has 1 aromatic rings. The van der Waals surface area contributed by atoms with Crippen LogP contribution in [-0.4, -0.2) is 43.1 Å². The summed E-state index contributed by atoms with van der Waals surface area (Å²) in [4.78, 5) is 7.36. The van der Waals surface area contributed by atoms with Crippen molar-refractivity contribution in [1.82, 2.24) is 10.2 Å². The standard InChI is InChI=1S/C18H25N3O/c1-2-6-17-15(5-1)11-14(13-22-17)12-19-18(20-16-7-8-16)21-9-3-4-10-21/h1-2,5-6,14,16H,3-4,7-13H2,(H,19,20). The van der Waals surface area contributed by atoms with Gasteiger partial charge in [0, 0.05) is 31.6 Å². The van der Waals surface area contributed by atoms with Crippen molar-refractivity contribution in [2.24, 2.45) is 10.9 Å². The maximum atomic E-state index is 5.88. The summed E-state index contributed by atoms with van der Waals surface area (Å²) in [6.45, 7) is 3.96. The van der Waals surface area contributed by atoms with Gasteiger partial charge in [-0.1, -0.05) is 18.2 Å². The van der Waals surface area contributed by atoms with Gasteiger partial charge in [-0.25, -0.2) is 0 Å². The Balaban J connectivity index is 1.40. The molecule has 0 bridgehead atoms. The van der Waals surface area contributed by atoms with Crippen molar-refractivity contribution in [2.45, 2.75) is 38.1 Å². The molecule has 2 heterocycles. The average Bonchev–Trinajstić information content (AvgIpc) is 3.21. The molecule has 2 aliphatic heterocycles. The molecule has 0 spiro atoms. The number of rotatable bonds is 3. The molecule has 22 heavy (non-hydrogen) atoms. The summed E-state index contributed by atoms with van der Waals surface area (Å²) >= 11 is 0. The topological polar surface area (TPSA) is 36.9 Å². The Kier molecular flexibility index (Phi) is 3.92. The van der Waals surface area contributed by atoms with Crippen LogP contribution < -0.4 is 10.1 Å². The number of para-hydroxylation sites is 1. The van der Waals surface area contributed by atoms with Crippen LogP contribution in [0.5, 0.6) is 5.75 Å². The van der Waals surface area contributed by atoms with E-state index < -0.39 is 0 Å². The summed E-state index contributed by atoms with van der Waals surface area (Å²) in [5.74, 6) is 2.69. The molecule has 2 fully saturated rings. The van der Waals surface area contributed by atoms with Crippen LogP contribution >= 0.6 is 0 Å². The van der Waals surface area contributed by atoms with Crippen molar-refractivity contribution in [3.05, 3.63) is 29.8 Å². The smallest absolute Gasteiger partial charge is 0.194 e. The number of nitrogens with zero attached hydrogens (tertiary/aromatic N) is 2. The van der Waals surface area contributed by atoms with Gasteiger partial charge in [0.1, 0.15) is 5.75 Å². The van der Waals surface area contributed by atoms with Gasteiger partial charge in [-0.05, 0) is 43.7 Å². The fraction of sp³-hybridized carbons (Fsp3) is 0.611. The molecular formula is C18H25N3O. The molecule has 1 unspecified atom stereocenters. The van der Waals surface area contributed by atoms with Crippen LogP contribution in [0.4, 0.5) is 0 Å². The SMILES string of the molecule is c1ccc2c(c1)CC(CN=C(NC1CC1)N1CCCC1)CO2. The van der Waals surface area contributed by atoms with Crippen LogP contribution in [0.25, 0.3) is 0 Å². The maximum Gasteiger partial charge on any atom is 0.194 e. The molecule has 0 amide bonds. The summed E-state index contributed by atoms with van der Waals surface area (Å²) in [5, 5.41) is 3.63. The normalized spacial score (nSPS) is 24.8. The van der Waals surface area contributed by atoms with E-state index in [1.165, 1.54) is 31.2 Å². The van der Waals surface area contributed by atoms with Crippen LogP contribution in [0, 0.1) is 5.92 Å². The Bertz CT molecular complexity index is 547. The summed E-state index contributed by atoms with van der Waals surface area (Å²) in [6, 6.07) is 9.05. The lowest BCUT2D eigenvalue weighted by Gasteiger charge is -2.26. The predicted molar refractivity (Wildman–Crippen MR) is 88.4 cm³/mol. The van der Waals surface area contributed by atoms with Crippen molar-refractivity contribution in [1.29, 1.82) is 0 Å². The zero-order chi connectivity index (χ0) is 14.8. The minimum absolute atomic E-state index is 0.494. The second-order valence-electron chi connectivity index (χ2n) is 6.77. The van der Waals surface area contributed by atoms with E-state index in [0.717, 1.165) is 44.4 Å². The number of hydrogen-bond acceptors (Lipinski definition) is 2. The van der Waals surface area contributed by atoms with E-state index in [-0.39, 0.29) is 0 Å². The average molecular weight is 299 g/mol. The number of ether oxygens (including phenoxy) is 1. The molecule has 4 nitrogen and oxygen atoms in total. The van der Waals surface area contributed by atoms with Gasteiger partial charge in [0.05, 0.1) is 6.61 Å². The van der Waals surface area contributed by atoms with E-state index in [0.29, 0.717) is 12.0 Å². The second-order valence-corrected chi connectivity index (χ2v) is 6.77. The highest BCUT2D eigenvalue weighted by molar-refractivity contribution is 5.80. The first-order valence-corrected chi connectivity index (χ1v) is 8.65. The van der Waals surface area contributed by atoms with Crippen molar-refractivity contribution in [3.63, 3.8) is 0 Å². The fourth-order valence-corrected chi connectivity index (χ4v) is 3.30. The van der Waals surface area contributed by atoms with Crippen molar-refractivity contribution < 1.29 is 4.74 Å². The van der Waals surface area contributed by atoms with E-state index in [2.05, 4.69) is 28.4 Å². The largest absolute Gasteiger partial charge is 0.493 e. The van der Waals surface area contributed by atoms with Gasteiger partial charge in [-0.3, -0.25) is 4.99 Å². The van der Waals surface area contributed by atoms with Crippen LogP contribution in [-0.2, 0) is 6.42 Å². The van der Waals surface area contributed by atoms with E-state index >= 15 is 0 Å². The third-order valence-corrected chi connectivity index (χ3v) is 4.77. The molecule has 118 valence electrons.